The first kappa shape index (κ1) is 41.7. The van der Waals surface area contributed by atoms with Crippen molar-refractivity contribution in [1.82, 2.24) is 4.90 Å². The Morgan fingerprint density at radius 2 is 1.53 bits per heavy atom. The van der Waals surface area contributed by atoms with Crippen LogP contribution in [0.25, 0.3) is 0 Å². The van der Waals surface area contributed by atoms with Crippen molar-refractivity contribution < 1.29 is 62.2 Å². The van der Waals surface area contributed by atoms with Crippen molar-refractivity contribution in [2.75, 3.05) is 27.8 Å². The van der Waals surface area contributed by atoms with Gasteiger partial charge >= 0.3 is 11.9 Å². The molecule has 4 saturated heterocycles. The monoisotopic (exact) mass is 727 g/mol. The Bertz CT molecular complexity index is 1240. The fourth-order valence-corrected chi connectivity index (χ4v) is 8.07. The van der Waals surface area contributed by atoms with E-state index in [0.29, 0.717) is 6.42 Å². The van der Waals surface area contributed by atoms with E-state index < -0.39 is 102 Å². The summed E-state index contributed by atoms with van der Waals surface area (Å²) in [5, 5.41) is 11.3. The van der Waals surface area contributed by atoms with E-state index in [4.69, 9.17) is 37.9 Å². The number of carbonyl (C=O) groups excluding carboxylic acids is 4. The third-order valence-electron chi connectivity index (χ3n) is 11.5. The van der Waals surface area contributed by atoms with Gasteiger partial charge < -0.3 is 47.9 Å². The van der Waals surface area contributed by atoms with Crippen LogP contribution in [0.3, 0.4) is 0 Å². The smallest absolute Gasteiger partial charge is 0.311 e. The zero-order valence-electron chi connectivity index (χ0n) is 32.4. The highest BCUT2D eigenvalue weighted by Crippen LogP contribution is 2.43. The molecule has 0 aromatic carbocycles. The average Bonchev–Trinajstić information content (AvgIpc) is 3.85. The quantitative estimate of drug-likeness (QED) is 0.300. The number of Topliss-reactive ketones (excluding diaryl/α,β-unsaturated/α-hetero) is 2. The number of nitrogens with zero attached hydrogens (tertiary/aromatic N) is 1. The number of ketones is 2. The predicted molar refractivity (Wildman–Crippen MR) is 182 cm³/mol. The van der Waals surface area contributed by atoms with Crippen LogP contribution < -0.4 is 0 Å². The maximum Gasteiger partial charge on any atom is 0.311 e. The van der Waals surface area contributed by atoms with Crippen LogP contribution in [0.15, 0.2) is 0 Å². The molecule has 4 fully saturated rings. The van der Waals surface area contributed by atoms with E-state index in [9.17, 15) is 24.3 Å². The third kappa shape index (κ3) is 9.37. The largest absolute Gasteiger partial charge is 0.462 e. The van der Waals surface area contributed by atoms with Crippen molar-refractivity contribution in [3.8, 4) is 0 Å². The van der Waals surface area contributed by atoms with Gasteiger partial charge in [0.2, 0.25) is 0 Å². The molecule has 4 rings (SSSR count). The number of likely N-dealkylation sites (N-methyl/N-ethyl adjacent to an activating group) is 1. The molecule has 0 bridgehead atoms. The number of hydrogen-bond donors (Lipinski definition) is 1. The zero-order chi connectivity index (χ0) is 38.1. The lowest BCUT2D eigenvalue weighted by molar-refractivity contribution is -0.294. The van der Waals surface area contributed by atoms with Gasteiger partial charge in [0.15, 0.2) is 35.9 Å². The van der Waals surface area contributed by atoms with Crippen molar-refractivity contribution in [1.29, 1.82) is 0 Å². The van der Waals surface area contributed by atoms with E-state index in [2.05, 4.69) is 0 Å². The van der Waals surface area contributed by atoms with Crippen LogP contribution in [0.2, 0.25) is 0 Å². The Morgan fingerprint density at radius 1 is 0.882 bits per heavy atom. The summed E-state index contributed by atoms with van der Waals surface area (Å²) in [5.74, 6) is -4.70. The second-order valence-electron chi connectivity index (χ2n) is 15.7. The van der Waals surface area contributed by atoms with E-state index >= 15 is 0 Å². The van der Waals surface area contributed by atoms with Crippen LogP contribution in [0.4, 0.5) is 0 Å². The van der Waals surface area contributed by atoms with E-state index in [0.717, 1.165) is 0 Å². The van der Waals surface area contributed by atoms with Crippen LogP contribution in [-0.2, 0) is 57.1 Å². The number of aliphatic hydroxyl groups excluding tert-OH is 1. The number of hydrogen-bond acceptors (Lipinski definition) is 14. The first-order valence-electron chi connectivity index (χ1n) is 18.4. The number of aliphatic hydroxyl groups is 1. The number of ether oxygens (including phenoxy) is 8. The van der Waals surface area contributed by atoms with E-state index in [-0.39, 0.29) is 43.2 Å². The number of rotatable bonds is 7. The van der Waals surface area contributed by atoms with Crippen LogP contribution in [0, 0.1) is 29.6 Å². The third-order valence-corrected chi connectivity index (χ3v) is 11.5. The van der Waals surface area contributed by atoms with Gasteiger partial charge in [-0.05, 0) is 60.5 Å². The number of esters is 2. The minimum Gasteiger partial charge on any atom is -0.462 e. The molecule has 14 heteroatoms. The predicted octanol–water partition coefficient (Wildman–Crippen LogP) is 2.69. The Hall–Kier alpha value is -2.04. The van der Waals surface area contributed by atoms with Gasteiger partial charge in [-0.2, -0.15) is 0 Å². The SMILES string of the molecule is CO[C@@H]1C[C@H](O[C@H]2[C@H](C)[C@@H](O[C@@H]3O[C@H](C)C[C@H](N(C)C)[C@H]3OC(C)=O)[C@@H](C)C[C@@]3(CO3)C(=O)[C@H](C)[C@@H](O)[C@@H](C)[C@@H](C)OC(=O)[C@H]2C)O[C@H](C)C1=O. The fourth-order valence-electron chi connectivity index (χ4n) is 8.07. The van der Waals surface area contributed by atoms with Crippen LogP contribution in [0.5, 0.6) is 0 Å². The van der Waals surface area contributed by atoms with Gasteiger partial charge in [0.05, 0.1) is 43.0 Å². The molecule has 4 aliphatic rings. The minimum atomic E-state index is -1.14. The first-order valence-corrected chi connectivity index (χ1v) is 18.4. The minimum absolute atomic E-state index is 0.108. The Labute approximate surface area is 302 Å². The molecule has 0 aliphatic carbocycles. The lowest BCUT2D eigenvalue weighted by Crippen LogP contribution is -2.58. The fraction of sp³-hybridized carbons (Fsp3) is 0.892. The molecular formula is C37H61NO13. The maximum atomic E-state index is 14.0. The van der Waals surface area contributed by atoms with Gasteiger partial charge in [0, 0.05) is 38.2 Å². The van der Waals surface area contributed by atoms with Gasteiger partial charge in [-0.15, -0.1) is 0 Å². The molecule has 14 nitrogen and oxygen atoms in total. The number of carbonyl (C=O) groups is 4. The molecule has 1 N–H and O–H groups in total. The second kappa shape index (κ2) is 17.0. The summed E-state index contributed by atoms with van der Waals surface area (Å²) >= 11 is 0. The molecule has 0 amide bonds. The molecular weight excluding hydrogens is 666 g/mol. The van der Waals surface area contributed by atoms with Crippen LogP contribution in [-0.4, -0.2) is 134 Å². The summed E-state index contributed by atoms with van der Waals surface area (Å²) in [6, 6.07) is -0.223. The molecule has 51 heavy (non-hydrogen) atoms. The summed E-state index contributed by atoms with van der Waals surface area (Å²) in [6.45, 7) is 15.7. The topological polar surface area (TPSA) is 169 Å². The normalized spacial score (nSPS) is 46.0. The van der Waals surface area contributed by atoms with E-state index in [1.165, 1.54) is 14.0 Å². The lowest BCUT2D eigenvalue weighted by Gasteiger charge is -2.46. The zero-order valence-corrected chi connectivity index (χ0v) is 32.4. The molecule has 4 aliphatic heterocycles. The number of methoxy groups -OCH3 is 1. The standard InChI is InChI=1S/C37H61NO13/c1-17-15-37(16-45-37)34(42)20(4)29(40)19(3)23(7)48-35(43)22(6)32(50-28-14-27(44-12)30(41)24(8)47-28)21(5)31(17)51-36-33(49-25(9)39)26(38(10)11)13-18(2)46-36/h17-24,26-29,31-33,36,40H,13-16H2,1-12H3/t17-,18+,19-,20+,21+,22-,23+,24+,26-,27+,28-,29-,31-,32-,33+,36-,37+/m0/s1. The summed E-state index contributed by atoms with van der Waals surface area (Å²) in [4.78, 5) is 55.0. The Kier molecular flexibility index (Phi) is 13.9. The Balaban J connectivity index is 1.79. The first-order chi connectivity index (χ1) is 23.8. The molecule has 0 aromatic rings. The highest BCUT2D eigenvalue weighted by molar-refractivity contribution is 5.92. The number of cyclic esters (lactones) is 1. The van der Waals surface area contributed by atoms with E-state index in [1.807, 2.05) is 39.8 Å². The highest BCUT2D eigenvalue weighted by atomic mass is 16.7. The second-order valence-corrected chi connectivity index (χ2v) is 15.7. The molecule has 0 aromatic heterocycles. The molecule has 292 valence electrons. The molecule has 17 atom stereocenters. The Morgan fingerprint density at radius 3 is 2.10 bits per heavy atom. The average molecular weight is 728 g/mol. The molecule has 0 unspecified atom stereocenters. The summed E-state index contributed by atoms with van der Waals surface area (Å²) < 4.78 is 49.1. The molecule has 0 radical (unpaired) electrons. The van der Waals surface area contributed by atoms with E-state index in [1.54, 1.807) is 34.6 Å². The van der Waals surface area contributed by atoms with Gasteiger partial charge in [-0.25, -0.2) is 0 Å². The molecule has 0 saturated carbocycles. The van der Waals surface area contributed by atoms with Gasteiger partial charge in [-0.1, -0.05) is 27.7 Å². The van der Waals surface area contributed by atoms with Crippen molar-refractivity contribution in [3.05, 3.63) is 0 Å². The summed E-state index contributed by atoms with van der Waals surface area (Å²) in [5.41, 5.74) is -1.14. The summed E-state index contributed by atoms with van der Waals surface area (Å²) in [6.07, 6.45) is -7.04. The summed E-state index contributed by atoms with van der Waals surface area (Å²) in [7, 11) is 5.26. The highest BCUT2D eigenvalue weighted by Gasteiger charge is 2.57. The van der Waals surface area contributed by atoms with Crippen LogP contribution in [0.1, 0.15) is 81.6 Å². The number of epoxide rings is 1. The molecule has 1 spiro atoms. The molecule has 4 heterocycles. The van der Waals surface area contributed by atoms with Crippen molar-refractivity contribution in [2.24, 2.45) is 29.6 Å². The van der Waals surface area contributed by atoms with Gasteiger partial charge in [-0.3, -0.25) is 19.2 Å². The van der Waals surface area contributed by atoms with Crippen molar-refractivity contribution in [3.63, 3.8) is 0 Å². The van der Waals surface area contributed by atoms with Crippen LogP contribution >= 0.6 is 0 Å². The lowest BCUT2D eigenvalue weighted by atomic mass is 9.76. The van der Waals surface area contributed by atoms with Crippen molar-refractivity contribution >= 4 is 23.5 Å². The van der Waals surface area contributed by atoms with Crippen molar-refractivity contribution in [2.45, 2.75) is 155 Å². The van der Waals surface area contributed by atoms with Gasteiger partial charge in [0.25, 0.3) is 0 Å². The van der Waals surface area contributed by atoms with Gasteiger partial charge in [0.1, 0.15) is 18.3 Å². The maximum absolute atomic E-state index is 14.0.